The van der Waals surface area contributed by atoms with Gasteiger partial charge in [-0.15, -0.1) is 12.4 Å². The van der Waals surface area contributed by atoms with Crippen molar-refractivity contribution in [2.45, 2.75) is 68.2 Å². The quantitative estimate of drug-likeness (QED) is 0.0800. The second-order valence-corrected chi connectivity index (χ2v) is 19.3. The van der Waals surface area contributed by atoms with Crippen LogP contribution in [0.5, 0.6) is 0 Å². The number of aryl methyl sites for hydroxylation is 1. The minimum atomic E-state index is -1.60. The highest BCUT2D eigenvalue weighted by Crippen LogP contribution is 2.39. The molecule has 0 saturated carbocycles. The Morgan fingerprint density at radius 2 is 1.11 bits per heavy atom. The van der Waals surface area contributed by atoms with E-state index in [9.17, 15) is 19.2 Å². The predicted octanol–water partition coefficient (Wildman–Crippen LogP) is 10.6. The number of carbonyl (C=O) groups excluding carboxylic acids is 4. The molecule has 0 bridgehead atoms. The number of nitrogens with zero attached hydrogens (tertiary/aromatic N) is 4. The summed E-state index contributed by atoms with van der Waals surface area (Å²) in [5, 5.41) is 0.584. The van der Waals surface area contributed by atoms with Crippen molar-refractivity contribution in [3.05, 3.63) is 212 Å². The fraction of sp³-hybridized carbons (Fsp3) is 0.204. The van der Waals surface area contributed by atoms with Gasteiger partial charge in [-0.1, -0.05) is 137 Å². The normalized spacial score (nSPS) is 18.1. The van der Waals surface area contributed by atoms with Gasteiger partial charge in [-0.05, 0) is 100 Å². The number of aromatic nitrogens is 2. The van der Waals surface area contributed by atoms with Crippen LogP contribution in [0.3, 0.4) is 0 Å². The largest absolute Gasteiger partial charge is 0.459 e. The minimum absolute atomic E-state index is 0. The molecular formula is C54H48Cl2N4O9S2. The van der Waals surface area contributed by atoms with E-state index in [1.165, 1.54) is 11.3 Å². The smallest absolute Gasteiger partial charge is 0.338 e. The Kier molecular flexibility index (Phi) is 17.4. The first kappa shape index (κ1) is 52.0. The number of hydrogen-bond acceptors (Lipinski definition) is 14. The van der Waals surface area contributed by atoms with E-state index in [1.54, 1.807) is 138 Å². The topological polar surface area (TPSA) is 157 Å². The SMILES string of the molecule is Cc1ccc(N=c2nc(S[C@@H]3O[C@H](COC(=O)c4ccccc4)[C@@H](OC(=O)c4ccccc4)[C@H](OC(=O)c4ccccc4)[C@H]3OC(=O)c3ccccc3)n(-c3ccccc3Cl)c(=NC(C)(C)C)s2)cc1.Cl. The summed E-state index contributed by atoms with van der Waals surface area (Å²) in [6, 6.07) is 47.7. The second-order valence-electron chi connectivity index (χ2n) is 16.9. The standard InChI is InChI=1S/C54H47ClN4O9S2.ClH/c1-34-29-31-39(32-30-34)56-51-57-52(59(41-28-18-17-27-40(41)55)53(70-51)58-54(2,3)4)69-50-45(68-49(63)38-25-15-8-16-26-38)44(67-48(62)37-23-13-7-14-24-37)43(66-47(61)36-21-11-6-12-22-36)42(65-50)33-64-46(60)35-19-9-5-10-20-35;/h5-32,42-45,50H,33H2,1-4H3;1H/t42-,43-,44+,45-,50+;/m1./s1. The van der Waals surface area contributed by atoms with Crippen molar-refractivity contribution in [1.29, 1.82) is 0 Å². The number of ether oxygens (including phenoxy) is 5. The third-order valence-corrected chi connectivity index (χ3v) is 12.7. The highest BCUT2D eigenvalue weighted by molar-refractivity contribution is 7.99. The third kappa shape index (κ3) is 13.5. The number of carbonyl (C=O) groups is 4. The van der Waals surface area contributed by atoms with Crippen molar-refractivity contribution >= 4 is 76.7 Å². The van der Waals surface area contributed by atoms with Crippen LogP contribution < -0.4 is 9.60 Å². The minimum Gasteiger partial charge on any atom is -0.459 e. The Bertz CT molecular complexity index is 3100. The molecule has 1 aliphatic rings. The summed E-state index contributed by atoms with van der Waals surface area (Å²) in [6.45, 7) is 7.33. The lowest BCUT2D eigenvalue weighted by atomic mass is 9.98. The number of benzene rings is 6. The first-order chi connectivity index (χ1) is 33.8. The zero-order valence-electron chi connectivity index (χ0n) is 38.8. The molecule has 0 unspecified atom stereocenters. The van der Waals surface area contributed by atoms with E-state index in [0.717, 1.165) is 17.3 Å². The van der Waals surface area contributed by atoms with E-state index < -0.39 is 65.9 Å². The summed E-state index contributed by atoms with van der Waals surface area (Å²) < 4.78 is 33.7. The molecule has 1 aromatic heterocycles. The van der Waals surface area contributed by atoms with Gasteiger partial charge in [0.15, 0.2) is 33.7 Å². The molecule has 1 fully saturated rings. The summed E-state index contributed by atoms with van der Waals surface area (Å²) in [4.78, 5) is 72.4. The summed E-state index contributed by atoms with van der Waals surface area (Å²) in [5.41, 5.74) is 0.948. The highest BCUT2D eigenvalue weighted by atomic mass is 35.5. The van der Waals surface area contributed by atoms with Gasteiger partial charge in [-0.25, -0.2) is 24.2 Å². The maximum absolute atomic E-state index is 14.4. The second kappa shape index (κ2) is 23.8. The maximum atomic E-state index is 14.4. The zero-order valence-corrected chi connectivity index (χ0v) is 42.0. The van der Waals surface area contributed by atoms with Gasteiger partial charge >= 0.3 is 23.9 Å². The molecule has 6 aromatic carbocycles. The third-order valence-electron chi connectivity index (χ3n) is 10.5. The summed E-state index contributed by atoms with van der Waals surface area (Å²) in [7, 11) is 0. The number of para-hydroxylation sites is 1. The molecule has 8 rings (SSSR count). The molecule has 0 N–H and O–H groups in total. The molecule has 364 valence electrons. The van der Waals surface area contributed by atoms with Gasteiger partial charge in [0.25, 0.3) is 0 Å². The van der Waals surface area contributed by atoms with E-state index in [1.807, 2.05) is 64.1 Å². The van der Waals surface area contributed by atoms with Crippen LogP contribution in [0.1, 0.15) is 67.8 Å². The van der Waals surface area contributed by atoms with Crippen molar-refractivity contribution < 1.29 is 42.9 Å². The lowest BCUT2D eigenvalue weighted by molar-refractivity contribution is -0.207. The van der Waals surface area contributed by atoms with Crippen LogP contribution in [0.15, 0.2) is 185 Å². The van der Waals surface area contributed by atoms with E-state index in [2.05, 4.69) is 0 Å². The van der Waals surface area contributed by atoms with Gasteiger partial charge < -0.3 is 23.7 Å². The molecule has 7 aromatic rings. The molecule has 5 atom stereocenters. The molecule has 13 nitrogen and oxygen atoms in total. The molecule has 2 heterocycles. The Morgan fingerprint density at radius 1 is 0.648 bits per heavy atom. The van der Waals surface area contributed by atoms with Crippen LogP contribution in [0.25, 0.3) is 5.69 Å². The van der Waals surface area contributed by atoms with Gasteiger partial charge in [-0.3, -0.25) is 9.56 Å². The Labute approximate surface area is 429 Å². The molecule has 1 saturated heterocycles. The number of halogens is 2. The number of esters is 4. The molecule has 71 heavy (non-hydrogen) atoms. The first-order valence-corrected chi connectivity index (χ1v) is 24.3. The maximum Gasteiger partial charge on any atom is 0.338 e. The van der Waals surface area contributed by atoms with Crippen LogP contribution in [0.4, 0.5) is 5.69 Å². The lowest BCUT2D eigenvalue weighted by Gasteiger charge is -2.44. The molecular weight excluding hydrogens is 984 g/mol. The summed E-state index contributed by atoms with van der Waals surface area (Å²) in [5.74, 6) is -3.14. The van der Waals surface area contributed by atoms with E-state index in [0.29, 0.717) is 26.0 Å². The van der Waals surface area contributed by atoms with Crippen molar-refractivity contribution in [3.8, 4) is 5.69 Å². The van der Waals surface area contributed by atoms with Crippen molar-refractivity contribution in [1.82, 2.24) is 9.55 Å². The van der Waals surface area contributed by atoms with E-state index in [-0.39, 0.29) is 39.8 Å². The molecule has 0 radical (unpaired) electrons. The van der Waals surface area contributed by atoms with E-state index in [4.69, 9.17) is 50.3 Å². The van der Waals surface area contributed by atoms with Gasteiger partial charge in [0.2, 0.25) is 4.80 Å². The molecule has 17 heteroatoms. The molecule has 1 aliphatic heterocycles. The van der Waals surface area contributed by atoms with Gasteiger partial charge in [0, 0.05) is 0 Å². The average molecular weight is 1030 g/mol. The number of hydrogen-bond donors (Lipinski definition) is 0. The summed E-state index contributed by atoms with van der Waals surface area (Å²) >= 11 is 9.21. The van der Waals surface area contributed by atoms with Crippen LogP contribution >= 0.6 is 47.1 Å². The number of rotatable bonds is 13. The van der Waals surface area contributed by atoms with Crippen molar-refractivity contribution in [3.63, 3.8) is 0 Å². The van der Waals surface area contributed by atoms with Crippen LogP contribution in [-0.2, 0) is 23.7 Å². The highest BCUT2D eigenvalue weighted by Gasteiger charge is 2.54. The van der Waals surface area contributed by atoms with Crippen LogP contribution in [0.2, 0.25) is 5.02 Å². The summed E-state index contributed by atoms with van der Waals surface area (Å²) in [6.07, 6.45) is -6.05. The zero-order chi connectivity index (χ0) is 49.2. The monoisotopic (exact) mass is 1030 g/mol. The van der Waals surface area contributed by atoms with Crippen LogP contribution in [0, 0.1) is 6.92 Å². The van der Waals surface area contributed by atoms with Gasteiger partial charge in [-0.2, -0.15) is 4.98 Å². The Balaban J connectivity index is 0.00000741. The fourth-order valence-electron chi connectivity index (χ4n) is 7.15. The molecule has 0 spiro atoms. The molecule has 0 amide bonds. The number of thioether (sulfide) groups is 1. The predicted molar refractivity (Wildman–Crippen MR) is 274 cm³/mol. The van der Waals surface area contributed by atoms with E-state index >= 15 is 0 Å². The fourth-order valence-corrected chi connectivity index (χ4v) is 9.70. The van der Waals surface area contributed by atoms with Gasteiger partial charge in [0.05, 0.1) is 44.2 Å². The molecule has 0 aliphatic carbocycles. The Hall–Kier alpha value is -6.88. The lowest BCUT2D eigenvalue weighted by Crippen LogP contribution is -2.62. The Morgan fingerprint density at radius 3 is 1.62 bits per heavy atom. The first-order valence-electron chi connectivity index (χ1n) is 22.2. The van der Waals surface area contributed by atoms with Gasteiger partial charge in [0.1, 0.15) is 12.7 Å². The van der Waals surface area contributed by atoms with Crippen molar-refractivity contribution in [2.24, 2.45) is 9.98 Å². The average Bonchev–Trinajstić information content (AvgIpc) is 3.36. The van der Waals surface area contributed by atoms with Crippen molar-refractivity contribution in [2.75, 3.05) is 6.61 Å². The van der Waals surface area contributed by atoms with Crippen LogP contribution in [-0.4, -0.2) is 75.4 Å².